The maximum absolute atomic E-state index is 5.05. The van der Waals surface area contributed by atoms with Gasteiger partial charge in [0, 0.05) is 50.4 Å². The molecule has 2 aliphatic rings. The third-order valence-corrected chi connectivity index (χ3v) is 13.4. The summed E-state index contributed by atoms with van der Waals surface area (Å²) in [6.07, 6.45) is 7.22. The largest absolute Gasteiger partial charge is 0.333 e. The fourth-order valence-electron chi connectivity index (χ4n) is 10.3. The van der Waals surface area contributed by atoms with E-state index >= 15 is 0 Å². The maximum atomic E-state index is 5.05. The molecular formula is C61H41N5. The first kappa shape index (κ1) is 37.8. The Hall–Kier alpha value is -8.67. The Balaban J connectivity index is 0.857. The van der Waals surface area contributed by atoms with E-state index < -0.39 is 0 Å². The van der Waals surface area contributed by atoms with Crippen LogP contribution >= 0.6 is 0 Å². The summed E-state index contributed by atoms with van der Waals surface area (Å²) in [6, 6.07) is 77.9. The molecule has 5 heteroatoms. The third-order valence-electron chi connectivity index (χ3n) is 13.4. The molecule has 3 heterocycles. The zero-order chi connectivity index (χ0) is 43.6. The molecule has 13 rings (SSSR count). The van der Waals surface area contributed by atoms with E-state index in [2.05, 4.69) is 185 Å². The molecule has 5 nitrogen and oxygen atoms in total. The van der Waals surface area contributed by atoms with Crippen LogP contribution in [0.4, 0.5) is 11.4 Å². The van der Waals surface area contributed by atoms with Gasteiger partial charge in [0.2, 0.25) is 0 Å². The molecule has 310 valence electrons. The molecule has 1 aliphatic carbocycles. The van der Waals surface area contributed by atoms with Gasteiger partial charge < -0.3 is 9.47 Å². The van der Waals surface area contributed by atoms with Crippen molar-refractivity contribution in [2.24, 2.45) is 0 Å². The number of fused-ring (bicyclic) bond motifs is 7. The van der Waals surface area contributed by atoms with Crippen LogP contribution in [0.2, 0.25) is 0 Å². The lowest BCUT2D eigenvalue weighted by atomic mass is 9.86. The minimum absolute atomic E-state index is 0.171. The van der Waals surface area contributed by atoms with E-state index in [4.69, 9.17) is 15.0 Å². The Morgan fingerprint density at radius 3 is 1.79 bits per heavy atom. The van der Waals surface area contributed by atoms with Crippen LogP contribution in [0.1, 0.15) is 17.0 Å². The molecule has 0 fully saturated rings. The van der Waals surface area contributed by atoms with Crippen LogP contribution in [0.25, 0.3) is 89.1 Å². The summed E-state index contributed by atoms with van der Waals surface area (Å²) in [7, 11) is 0. The predicted molar refractivity (Wildman–Crippen MR) is 272 cm³/mol. The first-order chi connectivity index (χ1) is 32.7. The van der Waals surface area contributed by atoms with Crippen LogP contribution in [0, 0.1) is 0 Å². The van der Waals surface area contributed by atoms with E-state index in [0.717, 1.165) is 33.4 Å². The normalized spacial score (nSPS) is 15.3. The van der Waals surface area contributed by atoms with Gasteiger partial charge in [0.05, 0.1) is 17.1 Å². The first-order valence-corrected chi connectivity index (χ1v) is 22.6. The summed E-state index contributed by atoms with van der Waals surface area (Å²) in [6.45, 7) is 0. The van der Waals surface area contributed by atoms with Gasteiger partial charge in [0.25, 0.3) is 0 Å². The molecule has 2 aromatic heterocycles. The minimum atomic E-state index is 0.171. The Morgan fingerprint density at radius 1 is 0.394 bits per heavy atom. The molecule has 0 radical (unpaired) electrons. The minimum Gasteiger partial charge on any atom is -0.333 e. The third kappa shape index (κ3) is 6.35. The lowest BCUT2D eigenvalue weighted by Gasteiger charge is -2.30. The topological polar surface area (TPSA) is 46.8 Å². The lowest BCUT2D eigenvalue weighted by molar-refractivity contribution is 0.747. The number of hydrogen-bond donors (Lipinski definition) is 0. The van der Waals surface area contributed by atoms with Crippen LogP contribution in [-0.4, -0.2) is 25.6 Å². The molecule has 2 unspecified atom stereocenters. The number of rotatable bonds is 7. The lowest BCUT2D eigenvalue weighted by Crippen LogP contribution is -2.28. The van der Waals surface area contributed by atoms with Gasteiger partial charge >= 0.3 is 0 Å². The van der Waals surface area contributed by atoms with Gasteiger partial charge in [-0.3, -0.25) is 0 Å². The van der Waals surface area contributed by atoms with Crippen molar-refractivity contribution in [1.29, 1.82) is 0 Å². The van der Waals surface area contributed by atoms with Crippen molar-refractivity contribution >= 4 is 49.5 Å². The number of para-hydroxylation sites is 2. The highest BCUT2D eigenvalue weighted by atomic mass is 15.2. The maximum Gasteiger partial charge on any atom is 0.164 e. The van der Waals surface area contributed by atoms with Crippen molar-refractivity contribution < 1.29 is 0 Å². The first-order valence-electron chi connectivity index (χ1n) is 22.6. The van der Waals surface area contributed by atoms with E-state index in [1.165, 1.54) is 60.7 Å². The molecule has 0 bridgehead atoms. The molecule has 0 saturated heterocycles. The van der Waals surface area contributed by atoms with Crippen LogP contribution in [-0.2, 0) is 0 Å². The van der Waals surface area contributed by atoms with Crippen molar-refractivity contribution in [2.75, 3.05) is 4.90 Å². The van der Waals surface area contributed by atoms with Gasteiger partial charge in [-0.1, -0.05) is 188 Å². The van der Waals surface area contributed by atoms with Crippen LogP contribution < -0.4 is 4.90 Å². The number of anilines is 2. The van der Waals surface area contributed by atoms with Crippen LogP contribution in [0.5, 0.6) is 0 Å². The average Bonchev–Trinajstić information content (AvgIpc) is 3.91. The summed E-state index contributed by atoms with van der Waals surface area (Å²) in [5.41, 5.74) is 14.9. The van der Waals surface area contributed by atoms with Crippen LogP contribution in [0.3, 0.4) is 0 Å². The van der Waals surface area contributed by atoms with Crippen molar-refractivity contribution in [3.63, 3.8) is 0 Å². The van der Waals surface area contributed by atoms with Crippen molar-refractivity contribution in [3.05, 3.63) is 248 Å². The molecule has 2 atom stereocenters. The SMILES string of the molecule is C1=CC2C(C=C1c1ccc3c(c1)c1ccccc1n3-c1cccc(-c3nc(-c4ccccc4)nc(-c4ccccc4)n3)c1)c1ccccc1N2c1ccc(-c2cccc3ccccc23)cc1. The number of benzene rings is 9. The van der Waals surface area contributed by atoms with Gasteiger partial charge in [-0.15, -0.1) is 0 Å². The number of allylic oxidation sites excluding steroid dienone is 2. The monoisotopic (exact) mass is 843 g/mol. The Bertz CT molecular complexity index is 3650. The van der Waals surface area contributed by atoms with E-state index in [1.54, 1.807) is 0 Å². The quantitative estimate of drug-likeness (QED) is 0.160. The molecule has 0 N–H and O–H groups in total. The number of hydrogen-bond acceptors (Lipinski definition) is 4. The zero-order valence-electron chi connectivity index (χ0n) is 35.9. The summed E-state index contributed by atoms with van der Waals surface area (Å²) in [5, 5.41) is 4.95. The number of nitrogens with zero attached hydrogens (tertiary/aromatic N) is 5. The molecule has 0 saturated carbocycles. The molecule has 0 spiro atoms. The fraction of sp³-hybridized carbons (Fsp3) is 0.0328. The highest BCUT2D eigenvalue weighted by Gasteiger charge is 2.38. The fourth-order valence-corrected chi connectivity index (χ4v) is 10.3. The van der Waals surface area contributed by atoms with Crippen LogP contribution in [0.15, 0.2) is 237 Å². The number of aromatic nitrogens is 4. The van der Waals surface area contributed by atoms with Gasteiger partial charge in [0.15, 0.2) is 17.5 Å². The summed E-state index contributed by atoms with van der Waals surface area (Å²) >= 11 is 0. The van der Waals surface area contributed by atoms with Crippen molar-refractivity contribution in [2.45, 2.75) is 12.0 Å². The second kappa shape index (κ2) is 15.5. The second-order valence-electron chi connectivity index (χ2n) is 17.2. The van der Waals surface area contributed by atoms with E-state index in [9.17, 15) is 0 Å². The van der Waals surface area contributed by atoms with Gasteiger partial charge in [-0.25, -0.2) is 15.0 Å². The smallest absolute Gasteiger partial charge is 0.164 e. The van der Waals surface area contributed by atoms with E-state index in [0.29, 0.717) is 17.5 Å². The highest BCUT2D eigenvalue weighted by Crippen LogP contribution is 2.50. The Morgan fingerprint density at radius 2 is 1.00 bits per heavy atom. The zero-order valence-corrected chi connectivity index (χ0v) is 35.9. The molecule has 66 heavy (non-hydrogen) atoms. The molecule has 0 amide bonds. The highest BCUT2D eigenvalue weighted by molar-refractivity contribution is 6.10. The standard InChI is InChI=1S/C61H41N5/c1-3-16-42(17-4-1)59-62-60(43-18-5-2-6-19-43)64-61(63-59)46-21-13-22-48(37-46)66-56-28-12-10-25-52(56)54-39-45(32-36-58(54)66)44-31-35-57-53(38-44)51-24-9-11-27-55(51)65(57)47-33-29-41(30-34-47)50-26-14-20-40-15-7-8-23-49(40)50/h1-39,53,57H. The van der Waals surface area contributed by atoms with E-state index in [1.807, 2.05) is 60.7 Å². The van der Waals surface area contributed by atoms with E-state index in [-0.39, 0.29) is 12.0 Å². The second-order valence-corrected chi connectivity index (χ2v) is 17.2. The molecule has 9 aromatic carbocycles. The van der Waals surface area contributed by atoms with Gasteiger partial charge in [-0.05, 0) is 87.1 Å². The van der Waals surface area contributed by atoms with Gasteiger partial charge in [-0.2, -0.15) is 0 Å². The average molecular weight is 844 g/mol. The van der Waals surface area contributed by atoms with Gasteiger partial charge in [0.1, 0.15) is 0 Å². The van der Waals surface area contributed by atoms with Crippen molar-refractivity contribution in [3.8, 4) is 51.0 Å². The molecule has 11 aromatic rings. The Labute approximate surface area is 383 Å². The predicted octanol–water partition coefficient (Wildman–Crippen LogP) is 15.0. The molecule has 1 aliphatic heterocycles. The molecular weight excluding hydrogens is 803 g/mol. The Kier molecular flexibility index (Phi) is 8.91. The summed E-state index contributed by atoms with van der Waals surface area (Å²) in [4.78, 5) is 17.5. The summed E-state index contributed by atoms with van der Waals surface area (Å²) in [5.74, 6) is 2.13. The summed E-state index contributed by atoms with van der Waals surface area (Å²) < 4.78 is 2.37. The van der Waals surface area contributed by atoms with Crippen molar-refractivity contribution in [1.82, 2.24) is 19.5 Å².